The van der Waals surface area contributed by atoms with Crippen LogP contribution in [0.2, 0.25) is 0 Å². The van der Waals surface area contributed by atoms with Crippen molar-refractivity contribution in [2.75, 3.05) is 19.6 Å². The summed E-state index contributed by atoms with van der Waals surface area (Å²) in [4.78, 5) is 2.70. The zero-order valence-electron chi connectivity index (χ0n) is 15.3. The highest BCUT2D eigenvalue weighted by atomic mass is 15.2. The molecule has 0 fully saturated rings. The van der Waals surface area contributed by atoms with Crippen molar-refractivity contribution in [2.45, 2.75) is 92.2 Å². The summed E-state index contributed by atoms with van der Waals surface area (Å²) in [6.07, 6.45) is 6.28. The number of nitrogens with zero attached hydrogens (tertiary/aromatic N) is 1. The van der Waals surface area contributed by atoms with Gasteiger partial charge >= 0.3 is 0 Å². The molecule has 0 aromatic carbocycles. The highest BCUT2D eigenvalue weighted by Gasteiger charge is 2.39. The van der Waals surface area contributed by atoms with E-state index in [1.54, 1.807) is 0 Å². The number of rotatable bonds is 12. The van der Waals surface area contributed by atoms with Gasteiger partial charge in [0.05, 0.1) is 0 Å². The van der Waals surface area contributed by atoms with Crippen LogP contribution >= 0.6 is 0 Å². The third kappa shape index (κ3) is 5.04. The summed E-state index contributed by atoms with van der Waals surface area (Å²) in [5, 5.41) is 3.88. The van der Waals surface area contributed by atoms with Crippen molar-refractivity contribution in [1.29, 1.82) is 0 Å². The molecule has 0 aliphatic rings. The first kappa shape index (κ1) is 19.9. The van der Waals surface area contributed by atoms with Crippen LogP contribution in [0.3, 0.4) is 0 Å². The summed E-state index contributed by atoms with van der Waals surface area (Å²) >= 11 is 0. The van der Waals surface area contributed by atoms with Gasteiger partial charge in [-0.3, -0.25) is 4.90 Å². The maximum atomic E-state index is 3.88. The molecule has 0 aromatic rings. The van der Waals surface area contributed by atoms with E-state index in [-0.39, 0.29) is 0 Å². The lowest BCUT2D eigenvalue weighted by Gasteiger charge is -2.49. The first-order chi connectivity index (χ1) is 9.55. The van der Waals surface area contributed by atoms with Gasteiger partial charge in [0, 0.05) is 11.6 Å². The van der Waals surface area contributed by atoms with Crippen molar-refractivity contribution < 1.29 is 0 Å². The highest BCUT2D eigenvalue weighted by Crippen LogP contribution is 2.32. The van der Waals surface area contributed by atoms with Crippen LogP contribution in [0.4, 0.5) is 0 Å². The van der Waals surface area contributed by atoms with Crippen molar-refractivity contribution in [2.24, 2.45) is 5.92 Å². The quantitative estimate of drug-likeness (QED) is 0.559. The second kappa shape index (κ2) is 10.6. The van der Waals surface area contributed by atoms with E-state index in [1.807, 2.05) is 0 Å². The molecule has 0 radical (unpaired) electrons. The van der Waals surface area contributed by atoms with E-state index in [9.17, 15) is 0 Å². The molecule has 2 nitrogen and oxygen atoms in total. The van der Waals surface area contributed by atoms with E-state index in [0.29, 0.717) is 11.6 Å². The Morgan fingerprint density at radius 2 is 1.50 bits per heavy atom. The summed E-state index contributed by atoms with van der Waals surface area (Å²) in [6.45, 7) is 19.8. The van der Waals surface area contributed by atoms with Crippen molar-refractivity contribution in [3.63, 3.8) is 0 Å². The normalized spacial score (nSPS) is 15.6. The second-order valence-electron chi connectivity index (χ2n) is 6.24. The highest BCUT2D eigenvalue weighted by molar-refractivity contribution is 4.99. The average Bonchev–Trinajstić information content (AvgIpc) is 2.49. The minimum absolute atomic E-state index is 0.322. The topological polar surface area (TPSA) is 15.3 Å². The molecule has 1 N–H and O–H groups in total. The average molecular weight is 285 g/mol. The molecular formula is C18H40N2. The fourth-order valence-corrected chi connectivity index (χ4v) is 3.64. The fourth-order valence-electron chi connectivity index (χ4n) is 3.64. The Bertz CT molecular complexity index is 219. The summed E-state index contributed by atoms with van der Waals surface area (Å²) in [6, 6.07) is 0.618. The third-order valence-electron chi connectivity index (χ3n) is 5.24. The van der Waals surface area contributed by atoms with Crippen LogP contribution in [0.15, 0.2) is 0 Å². The molecule has 0 spiro atoms. The molecule has 0 aliphatic carbocycles. The van der Waals surface area contributed by atoms with Crippen LogP contribution in [0, 0.1) is 5.92 Å². The first-order valence-electron chi connectivity index (χ1n) is 9.04. The van der Waals surface area contributed by atoms with Gasteiger partial charge < -0.3 is 5.32 Å². The van der Waals surface area contributed by atoms with E-state index in [4.69, 9.17) is 0 Å². The molecule has 2 unspecified atom stereocenters. The number of hydrogen-bond donors (Lipinski definition) is 1. The van der Waals surface area contributed by atoms with Crippen LogP contribution in [0.25, 0.3) is 0 Å². The van der Waals surface area contributed by atoms with Gasteiger partial charge in [0.1, 0.15) is 0 Å². The lowest BCUT2D eigenvalue weighted by molar-refractivity contribution is 0.0406. The Kier molecular flexibility index (Phi) is 10.6. The third-order valence-corrected chi connectivity index (χ3v) is 5.24. The van der Waals surface area contributed by atoms with Crippen LogP contribution in [-0.4, -0.2) is 36.1 Å². The molecule has 20 heavy (non-hydrogen) atoms. The number of likely N-dealkylation sites (N-methyl/N-ethyl adjacent to an activating group) is 1. The molecule has 0 heterocycles. The lowest BCUT2D eigenvalue weighted by Crippen LogP contribution is -2.61. The van der Waals surface area contributed by atoms with Gasteiger partial charge in [-0.25, -0.2) is 0 Å². The zero-order valence-corrected chi connectivity index (χ0v) is 15.3. The molecule has 0 aromatic heterocycles. The molecule has 2 heteroatoms. The second-order valence-corrected chi connectivity index (χ2v) is 6.24. The van der Waals surface area contributed by atoms with Gasteiger partial charge in [-0.05, 0) is 51.2 Å². The molecular weight excluding hydrogens is 244 g/mol. The Labute approximate surface area is 128 Å². The summed E-state index contributed by atoms with van der Waals surface area (Å²) in [7, 11) is 0. The monoisotopic (exact) mass is 284 g/mol. The Balaban J connectivity index is 5.25. The SMILES string of the molecule is CCCNC(CC(C)CC)C(CC)(CC)N(CC)CC. The van der Waals surface area contributed by atoms with Gasteiger partial charge in [-0.1, -0.05) is 54.9 Å². The van der Waals surface area contributed by atoms with Crippen molar-refractivity contribution in [3.05, 3.63) is 0 Å². The zero-order chi connectivity index (χ0) is 15.6. The van der Waals surface area contributed by atoms with Gasteiger partial charge in [-0.2, -0.15) is 0 Å². The standard InChI is InChI=1S/C18H40N2/c1-8-14-19-17(15-16(7)9-2)18(10-3,11-4)20(12-5)13-6/h16-17,19H,8-15H2,1-7H3. The Hall–Kier alpha value is -0.0800. The van der Waals surface area contributed by atoms with Crippen LogP contribution < -0.4 is 5.32 Å². The molecule has 0 aliphatic heterocycles. The predicted octanol–water partition coefficient (Wildman–Crippen LogP) is 4.69. The smallest absolute Gasteiger partial charge is 0.0357 e. The van der Waals surface area contributed by atoms with E-state index in [1.165, 1.54) is 32.1 Å². The molecule has 122 valence electrons. The van der Waals surface area contributed by atoms with E-state index in [0.717, 1.165) is 25.6 Å². The van der Waals surface area contributed by atoms with Crippen molar-refractivity contribution >= 4 is 0 Å². The maximum Gasteiger partial charge on any atom is 0.0357 e. The van der Waals surface area contributed by atoms with E-state index < -0.39 is 0 Å². The van der Waals surface area contributed by atoms with Gasteiger partial charge in [0.15, 0.2) is 0 Å². The van der Waals surface area contributed by atoms with Crippen LogP contribution in [0.1, 0.15) is 80.6 Å². The van der Waals surface area contributed by atoms with Crippen molar-refractivity contribution in [3.8, 4) is 0 Å². The molecule has 0 saturated carbocycles. The first-order valence-corrected chi connectivity index (χ1v) is 9.04. The number of nitrogens with one attached hydrogen (secondary N) is 1. The summed E-state index contributed by atoms with van der Waals surface area (Å²) in [5.74, 6) is 0.803. The minimum Gasteiger partial charge on any atom is -0.312 e. The summed E-state index contributed by atoms with van der Waals surface area (Å²) in [5.41, 5.74) is 0.322. The van der Waals surface area contributed by atoms with Crippen LogP contribution in [0.5, 0.6) is 0 Å². The molecule has 2 atom stereocenters. The number of hydrogen-bond acceptors (Lipinski definition) is 2. The predicted molar refractivity (Wildman–Crippen MR) is 92.4 cm³/mol. The summed E-state index contributed by atoms with van der Waals surface area (Å²) < 4.78 is 0. The Morgan fingerprint density at radius 1 is 0.950 bits per heavy atom. The Morgan fingerprint density at radius 3 is 1.85 bits per heavy atom. The van der Waals surface area contributed by atoms with Gasteiger partial charge in [0.2, 0.25) is 0 Å². The molecule has 0 bridgehead atoms. The molecule has 0 rings (SSSR count). The molecule has 0 amide bonds. The minimum atomic E-state index is 0.322. The maximum absolute atomic E-state index is 3.88. The van der Waals surface area contributed by atoms with Crippen LogP contribution in [-0.2, 0) is 0 Å². The molecule has 0 saturated heterocycles. The lowest BCUT2D eigenvalue weighted by atomic mass is 9.78. The van der Waals surface area contributed by atoms with Crippen molar-refractivity contribution in [1.82, 2.24) is 10.2 Å². The van der Waals surface area contributed by atoms with E-state index in [2.05, 4.69) is 58.7 Å². The van der Waals surface area contributed by atoms with Gasteiger partial charge in [-0.15, -0.1) is 0 Å². The van der Waals surface area contributed by atoms with Gasteiger partial charge in [0.25, 0.3) is 0 Å². The largest absolute Gasteiger partial charge is 0.312 e. The fraction of sp³-hybridized carbons (Fsp3) is 1.00. The van der Waals surface area contributed by atoms with E-state index >= 15 is 0 Å².